The molecule has 0 bridgehead atoms. The van der Waals surface area contributed by atoms with Crippen LogP contribution in [0.1, 0.15) is 17.7 Å². The van der Waals surface area contributed by atoms with E-state index in [1.54, 1.807) is 0 Å². The van der Waals surface area contributed by atoms with Gasteiger partial charge in [-0.1, -0.05) is 0 Å². The second-order valence-corrected chi connectivity index (χ2v) is 2.70. The molecule has 1 aromatic rings. The number of pyridine rings is 1. The molecule has 0 aromatic carbocycles. The van der Waals surface area contributed by atoms with Crippen LogP contribution in [0.15, 0.2) is 6.20 Å². The van der Waals surface area contributed by atoms with Crippen molar-refractivity contribution in [3.8, 4) is 5.75 Å². The lowest BCUT2D eigenvalue weighted by Crippen LogP contribution is -2.03. The Labute approximate surface area is 83.7 Å². The first kappa shape index (κ1) is 11.1. The van der Waals surface area contributed by atoms with Crippen LogP contribution in [0.2, 0.25) is 0 Å². The van der Waals surface area contributed by atoms with Crippen molar-refractivity contribution >= 4 is 11.6 Å². The lowest BCUT2D eigenvalue weighted by Gasteiger charge is -2.09. The number of ether oxygens (including phenoxy) is 1. The fourth-order valence-electron chi connectivity index (χ4n) is 0.993. The van der Waals surface area contributed by atoms with E-state index < -0.39 is 17.8 Å². The fraction of sp³-hybridized carbons (Fsp3) is 0.375. The quantitative estimate of drug-likeness (QED) is 0.738. The Morgan fingerprint density at radius 2 is 2.21 bits per heavy atom. The van der Waals surface area contributed by atoms with Crippen molar-refractivity contribution in [2.45, 2.75) is 12.3 Å². The first-order chi connectivity index (χ1) is 6.61. The molecule has 0 unspecified atom stereocenters. The normalized spacial score (nSPS) is 10.7. The monoisotopic (exact) mass is 225 g/mol. The molecule has 0 aliphatic heterocycles. The Balaban J connectivity index is 3.31. The van der Waals surface area contributed by atoms with E-state index in [9.17, 15) is 13.2 Å². The molecule has 0 aliphatic rings. The van der Waals surface area contributed by atoms with Gasteiger partial charge in [0.2, 0.25) is 0 Å². The Kier molecular flexibility index (Phi) is 3.57. The zero-order valence-corrected chi connectivity index (χ0v) is 7.99. The maximum atomic E-state index is 13.3. The van der Waals surface area contributed by atoms with Crippen molar-refractivity contribution in [2.24, 2.45) is 0 Å². The third kappa shape index (κ3) is 1.92. The molecule has 0 saturated carbocycles. The first-order valence-corrected chi connectivity index (χ1v) is 4.20. The molecule has 1 heterocycles. The van der Waals surface area contributed by atoms with Crippen LogP contribution in [0.25, 0.3) is 0 Å². The summed E-state index contributed by atoms with van der Waals surface area (Å²) in [5.41, 5.74) is -0.959. The summed E-state index contributed by atoms with van der Waals surface area (Å²) in [5, 5.41) is 0. The van der Waals surface area contributed by atoms with Crippen LogP contribution in [-0.4, -0.2) is 12.1 Å². The number of aromatic nitrogens is 1. The Bertz CT molecular complexity index is 333. The highest BCUT2D eigenvalue weighted by Crippen LogP contribution is 2.30. The highest BCUT2D eigenvalue weighted by atomic mass is 35.5. The third-order valence-corrected chi connectivity index (χ3v) is 1.92. The summed E-state index contributed by atoms with van der Waals surface area (Å²) in [6.45, 7) is 0. The van der Waals surface area contributed by atoms with E-state index in [1.807, 2.05) is 0 Å². The van der Waals surface area contributed by atoms with E-state index in [1.165, 1.54) is 7.11 Å². The van der Waals surface area contributed by atoms with Gasteiger partial charge in [-0.15, -0.1) is 11.6 Å². The van der Waals surface area contributed by atoms with Gasteiger partial charge in [-0.3, -0.25) is 4.98 Å². The summed E-state index contributed by atoms with van der Waals surface area (Å²) in [6, 6.07) is 0. The maximum Gasteiger partial charge on any atom is 0.268 e. The number of halogens is 4. The predicted molar refractivity (Wildman–Crippen MR) is 45.3 cm³/mol. The minimum absolute atomic E-state index is 0.167. The van der Waals surface area contributed by atoms with Gasteiger partial charge in [-0.2, -0.15) is 0 Å². The minimum atomic E-state index is -2.95. The van der Waals surface area contributed by atoms with E-state index in [4.69, 9.17) is 11.6 Å². The Morgan fingerprint density at radius 1 is 1.57 bits per heavy atom. The number of hydrogen-bond acceptors (Lipinski definition) is 2. The average molecular weight is 226 g/mol. The third-order valence-electron chi connectivity index (χ3n) is 1.67. The lowest BCUT2D eigenvalue weighted by atomic mass is 10.2. The number of rotatable bonds is 3. The minimum Gasteiger partial charge on any atom is -0.492 e. The van der Waals surface area contributed by atoms with Crippen molar-refractivity contribution < 1.29 is 17.9 Å². The largest absolute Gasteiger partial charge is 0.492 e. The average Bonchev–Trinajstić information content (AvgIpc) is 2.16. The molecular weight excluding hydrogens is 219 g/mol. The number of methoxy groups -OCH3 is 1. The SMILES string of the molecule is COc1cnc(CCl)c(C(F)F)c1F. The maximum absolute atomic E-state index is 13.3. The van der Waals surface area contributed by atoms with Crippen molar-refractivity contribution in [3.05, 3.63) is 23.3 Å². The van der Waals surface area contributed by atoms with E-state index in [-0.39, 0.29) is 17.3 Å². The summed E-state index contributed by atoms with van der Waals surface area (Å²) in [5.74, 6) is -1.68. The molecule has 14 heavy (non-hydrogen) atoms. The van der Waals surface area contributed by atoms with E-state index in [0.717, 1.165) is 6.20 Å². The van der Waals surface area contributed by atoms with Crippen molar-refractivity contribution in [3.63, 3.8) is 0 Å². The van der Waals surface area contributed by atoms with Gasteiger partial charge in [0.1, 0.15) is 0 Å². The Morgan fingerprint density at radius 3 is 2.64 bits per heavy atom. The zero-order chi connectivity index (χ0) is 10.7. The molecule has 0 fully saturated rings. The predicted octanol–water partition coefficient (Wildman–Crippen LogP) is 2.91. The van der Waals surface area contributed by atoms with Crippen molar-refractivity contribution in [1.82, 2.24) is 4.98 Å². The first-order valence-electron chi connectivity index (χ1n) is 3.67. The smallest absolute Gasteiger partial charge is 0.268 e. The van der Waals surface area contributed by atoms with Crippen LogP contribution in [0, 0.1) is 5.82 Å². The van der Waals surface area contributed by atoms with Crippen LogP contribution in [0.4, 0.5) is 13.2 Å². The molecule has 6 heteroatoms. The van der Waals surface area contributed by atoms with Crippen molar-refractivity contribution in [1.29, 1.82) is 0 Å². The summed E-state index contributed by atoms with van der Waals surface area (Å²) < 4.78 is 42.6. The highest BCUT2D eigenvalue weighted by Gasteiger charge is 2.22. The van der Waals surface area contributed by atoms with Gasteiger partial charge in [0.25, 0.3) is 6.43 Å². The molecular formula is C8H7ClF3NO. The van der Waals surface area contributed by atoms with Crippen molar-refractivity contribution in [2.75, 3.05) is 7.11 Å². The molecule has 0 saturated heterocycles. The van der Waals surface area contributed by atoms with Crippen LogP contribution >= 0.6 is 11.6 Å². The molecule has 0 atom stereocenters. The van der Waals surface area contributed by atoms with Gasteiger partial charge in [-0.25, -0.2) is 13.2 Å². The van der Waals surface area contributed by atoms with Gasteiger partial charge in [0.05, 0.1) is 30.4 Å². The summed E-state index contributed by atoms with van der Waals surface area (Å²) in [6.07, 6.45) is -1.93. The Hall–Kier alpha value is -0.970. The summed E-state index contributed by atoms with van der Waals surface area (Å²) in [4.78, 5) is 3.57. The summed E-state index contributed by atoms with van der Waals surface area (Å²) >= 11 is 5.34. The second-order valence-electron chi connectivity index (χ2n) is 2.44. The lowest BCUT2D eigenvalue weighted by molar-refractivity contribution is 0.143. The highest BCUT2D eigenvalue weighted by molar-refractivity contribution is 6.17. The van der Waals surface area contributed by atoms with Gasteiger partial charge in [0, 0.05) is 0 Å². The van der Waals surface area contributed by atoms with E-state index >= 15 is 0 Å². The molecule has 0 amide bonds. The van der Waals surface area contributed by atoms with Crippen LogP contribution in [0.3, 0.4) is 0 Å². The van der Waals surface area contributed by atoms with Crippen LogP contribution in [0.5, 0.6) is 5.75 Å². The fourth-order valence-corrected chi connectivity index (χ4v) is 1.21. The number of nitrogens with zero attached hydrogens (tertiary/aromatic N) is 1. The van der Waals surface area contributed by atoms with Gasteiger partial charge < -0.3 is 4.74 Å². The molecule has 0 spiro atoms. The molecule has 0 radical (unpaired) electrons. The van der Waals surface area contributed by atoms with Gasteiger partial charge in [-0.05, 0) is 0 Å². The summed E-state index contributed by atoms with van der Waals surface area (Å²) in [7, 11) is 1.18. The second kappa shape index (κ2) is 4.50. The number of hydrogen-bond donors (Lipinski definition) is 0. The molecule has 1 rings (SSSR count). The zero-order valence-electron chi connectivity index (χ0n) is 7.23. The topological polar surface area (TPSA) is 22.1 Å². The van der Waals surface area contributed by atoms with Crippen LogP contribution in [-0.2, 0) is 5.88 Å². The van der Waals surface area contributed by atoms with Gasteiger partial charge >= 0.3 is 0 Å². The van der Waals surface area contributed by atoms with E-state index in [0.29, 0.717) is 0 Å². The van der Waals surface area contributed by atoms with Gasteiger partial charge in [0.15, 0.2) is 11.6 Å². The van der Waals surface area contributed by atoms with E-state index in [2.05, 4.69) is 9.72 Å². The molecule has 0 N–H and O–H groups in total. The van der Waals surface area contributed by atoms with Crippen LogP contribution < -0.4 is 4.74 Å². The molecule has 0 aliphatic carbocycles. The molecule has 78 valence electrons. The standard InChI is InChI=1S/C8H7ClF3NO/c1-14-5-3-13-4(2-9)6(7(5)10)8(11)12/h3,8H,2H2,1H3. The molecule has 2 nitrogen and oxygen atoms in total. The molecule has 1 aromatic heterocycles. The number of alkyl halides is 3.